The van der Waals surface area contributed by atoms with Crippen LogP contribution in [-0.4, -0.2) is 26.7 Å². The molecule has 7 heteroatoms. The highest BCUT2D eigenvalue weighted by molar-refractivity contribution is 5.65. The van der Waals surface area contributed by atoms with E-state index in [-0.39, 0.29) is 11.5 Å². The molecule has 88 valence electrons. The molecule has 0 saturated carbocycles. The summed E-state index contributed by atoms with van der Waals surface area (Å²) >= 11 is 0. The predicted molar refractivity (Wildman–Crippen MR) is 62.6 cm³/mol. The number of hydrogen-bond donors (Lipinski definition) is 1. The van der Waals surface area contributed by atoms with Crippen molar-refractivity contribution in [1.29, 1.82) is 0 Å². The minimum absolute atomic E-state index is 0.0415. The molecule has 0 aliphatic carbocycles. The fourth-order valence-corrected chi connectivity index (χ4v) is 1.50. The Hall–Kier alpha value is -2.44. The summed E-state index contributed by atoms with van der Waals surface area (Å²) in [5.74, 6) is 0.247. The molecule has 0 aliphatic heterocycles. The van der Waals surface area contributed by atoms with E-state index >= 15 is 0 Å². The summed E-state index contributed by atoms with van der Waals surface area (Å²) in [4.78, 5) is 14.5. The van der Waals surface area contributed by atoms with Crippen LogP contribution in [0.15, 0.2) is 24.5 Å². The van der Waals surface area contributed by atoms with Gasteiger partial charge in [0.25, 0.3) is 0 Å². The molecule has 17 heavy (non-hydrogen) atoms. The standard InChI is InChI=1S/C10H11N5O2/c1-11-10-9(15(16)17)4-3-8(13-10)7-5-12-14(2)6-7/h3-6H,1-2H3,(H,11,13). The zero-order valence-corrected chi connectivity index (χ0v) is 9.41. The molecule has 0 fully saturated rings. The predicted octanol–water partition coefficient (Wildman–Crippen LogP) is 1.43. The highest BCUT2D eigenvalue weighted by Gasteiger charge is 2.15. The zero-order valence-electron chi connectivity index (χ0n) is 9.41. The van der Waals surface area contributed by atoms with Gasteiger partial charge in [-0.1, -0.05) is 0 Å². The first-order valence-electron chi connectivity index (χ1n) is 4.94. The number of nitrogens with zero attached hydrogens (tertiary/aromatic N) is 4. The molecule has 0 radical (unpaired) electrons. The van der Waals surface area contributed by atoms with E-state index in [0.29, 0.717) is 5.69 Å². The van der Waals surface area contributed by atoms with Gasteiger partial charge < -0.3 is 5.32 Å². The van der Waals surface area contributed by atoms with Crippen LogP contribution in [0.5, 0.6) is 0 Å². The van der Waals surface area contributed by atoms with Gasteiger partial charge in [-0.2, -0.15) is 5.10 Å². The van der Waals surface area contributed by atoms with E-state index in [4.69, 9.17) is 0 Å². The minimum atomic E-state index is -0.466. The molecular weight excluding hydrogens is 222 g/mol. The quantitative estimate of drug-likeness (QED) is 0.640. The molecule has 0 aliphatic rings. The van der Waals surface area contributed by atoms with Crippen LogP contribution in [0.1, 0.15) is 0 Å². The largest absolute Gasteiger partial charge is 0.367 e. The van der Waals surface area contributed by atoms with Crippen LogP contribution >= 0.6 is 0 Å². The van der Waals surface area contributed by atoms with Crippen molar-refractivity contribution in [1.82, 2.24) is 14.8 Å². The normalized spacial score (nSPS) is 10.2. The third-order valence-corrected chi connectivity index (χ3v) is 2.31. The van der Waals surface area contributed by atoms with Crippen molar-refractivity contribution in [2.24, 2.45) is 7.05 Å². The van der Waals surface area contributed by atoms with Gasteiger partial charge in [0.05, 0.1) is 16.8 Å². The first-order valence-corrected chi connectivity index (χ1v) is 4.94. The first-order chi connectivity index (χ1) is 8.11. The van der Waals surface area contributed by atoms with Gasteiger partial charge in [0.2, 0.25) is 5.82 Å². The van der Waals surface area contributed by atoms with Gasteiger partial charge in [-0.15, -0.1) is 0 Å². The van der Waals surface area contributed by atoms with E-state index in [1.54, 1.807) is 37.2 Å². The van der Waals surface area contributed by atoms with Gasteiger partial charge in [0.15, 0.2) is 0 Å². The van der Waals surface area contributed by atoms with Crippen molar-refractivity contribution in [3.63, 3.8) is 0 Å². The molecule has 7 nitrogen and oxygen atoms in total. The summed E-state index contributed by atoms with van der Waals surface area (Å²) in [7, 11) is 3.40. The lowest BCUT2D eigenvalue weighted by molar-refractivity contribution is -0.384. The lowest BCUT2D eigenvalue weighted by Crippen LogP contribution is -2.00. The molecule has 2 rings (SSSR count). The Bertz CT molecular complexity index is 564. The van der Waals surface area contributed by atoms with Crippen LogP contribution < -0.4 is 5.32 Å². The lowest BCUT2D eigenvalue weighted by Gasteiger charge is -2.03. The number of pyridine rings is 1. The van der Waals surface area contributed by atoms with Crippen LogP contribution in [-0.2, 0) is 7.05 Å². The molecule has 0 spiro atoms. The van der Waals surface area contributed by atoms with Crippen molar-refractivity contribution in [3.05, 3.63) is 34.6 Å². The maximum atomic E-state index is 10.7. The van der Waals surface area contributed by atoms with Gasteiger partial charge in [0, 0.05) is 31.9 Å². The molecular formula is C10H11N5O2. The Morgan fingerprint density at radius 1 is 1.47 bits per heavy atom. The van der Waals surface area contributed by atoms with E-state index in [1.807, 2.05) is 0 Å². The fraction of sp³-hybridized carbons (Fsp3) is 0.200. The zero-order chi connectivity index (χ0) is 12.4. The van der Waals surface area contributed by atoms with Gasteiger partial charge in [0.1, 0.15) is 0 Å². The maximum absolute atomic E-state index is 10.7. The number of nitrogens with one attached hydrogen (secondary N) is 1. The van der Waals surface area contributed by atoms with Crippen LogP contribution in [0.25, 0.3) is 11.3 Å². The summed E-state index contributed by atoms with van der Waals surface area (Å²) in [6, 6.07) is 3.04. The monoisotopic (exact) mass is 233 g/mol. The van der Waals surface area contributed by atoms with E-state index in [0.717, 1.165) is 5.56 Å². The second-order valence-corrected chi connectivity index (χ2v) is 3.47. The van der Waals surface area contributed by atoms with Crippen LogP contribution in [0.3, 0.4) is 0 Å². The Kier molecular flexibility index (Phi) is 2.73. The lowest BCUT2D eigenvalue weighted by atomic mass is 10.2. The number of aromatic nitrogens is 3. The van der Waals surface area contributed by atoms with Crippen LogP contribution in [0.2, 0.25) is 0 Å². The third-order valence-electron chi connectivity index (χ3n) is 2.31. The number of anilines is 1. The molecule has 0 unspecified atom stereocenters. The van der Waals surface area contributed by atoms with Crippen molar-refractivity contribution >= 4 is 11.5 Å². The average molecular weight is 233 g/mol. The number of aryl methyl sites for hydroxylation is 1. The highest BCUT2D eigenvalue weighted by Crippen LogP contribution is 2.25. The molecule has 2 heterocycles. The minimum Gasteiger partial charge on any atom is -0.367 e. The van der Waals surface area contributed by atoms with E-state index < -0.39 is 4.92 Å². The van der Waals surface area contributed by atoms with Crippen LogP contribution in [0, 0.1) is 10.1 Å². The van der Waals surface area contributed by atoms with Crippen molar-refractivity contribution in [3.8, 4) is 11.3 Å². The Labute approximate surface area is 97.2 Å². The van der Waals surface area contributed by atoms with E-state index in [2.05, 4.69) is 15.4 Å². The highest BCUT2D eigenvalue weighted by atomic mass is 16.6. The van der Waals surface area contributed by atoms with E-state index in [9.17, 15) is 10.1 Å². The number of hydrogen-bond acceptors (Lipinski definition) is 5. The molecule has 2 aromatic rings. The Morgan fingerprint density at radius 3 is 2.76 bits per heavy atom. The van der Waals surface area contributed by atoms with Crippen molar-refractivity contribution in [2.75, 3.05) is 12.4 Å². The van der Waals surface area contributed by atoms with Gasteiger partial charge >= 0.3 is 5.69 Å². The fourth-order valence-electron chi connectivity index (χ4n) is 1.50. The summed E-state index contributed by atoms with van der Waals surface area (Å²) in [5, 5.41) is 17.5. The number of nitro groups is 1. The molecule has 0 saturated heterocycles. The molecule has 0 atom stereocenters. The summed E-state index contributed by atoms with van der Waals surface area (Å²) in [6.45, 7) is 0. The maximum Gasteiger partial charge on any atom is 0.311 e. The smallest absolute Gasteiger partial charge is 0.311 e. The van der Waals surface area contributed by atoms with Gasteiger partial charge in [-0.25, -0.2) is 4.98 Å². The molecule has 2 aromatic heterocycles. The Balaban J connectivity index is 2.48. The van der Waals surface area contributed by atoms with Crippen molar-refractivity contribution < 1.29 is 4.92 Å². The van der Waals surface area contributed by atoms with Gasteiger partial charge in [-0.05, 0) is 6.07 Å². The molecule has 0 amide bonds. The number of rotatable bonds is 3. The van der Waals surface area contributed by atoms with Crippen LogP contribution in [0.4, 0.5) is 11.5 Å². The van der Waals surface area contributed by atoms with Crippen molar-refractivity contribution in [2.45, 2.75) is 0 Å². The Morgan fingerprint density at radius 2 is 2.24 bits per heavy atom. The SMILES string of the molecule is CNc1nc(-c2cnn(C)c2)ccc1[N+](=O)[O-]. The molecule has 0 aromatic carbocycles. The topological polar surface area (TPSA) is 85.9 Å². The van der Waals surface area contributed by atoms with E-state index in [1.165, 1.54) is 6.07 Å². The first kappa shape index (κ1) is 11.1. The second kappa shape index (κ2) is 4.20. The average Bonchev–Trinajstić information content (AvgIpc) is 2.75. The third kappa shape index (κ3) is 2.07. The summed E-state index contributed by atoms with van der Waals surface area (Å²) < 4.78 is 1.65. The van der Waals surface area contributed by atoms with Gasteiger partial charge in [-0.3, -0.25) is 14.8 Å². The summed E-state index contributed by atoms with van der Waals surface area (Å²) in [5.41, 5.74) is 1.42. The molecule has 1 N–H and O–H groups in total. The summed E-state index contributed by atoms with van der Waals surface area (Å²) in [6.07, 6.45) is 3.46. The molecule has 0 bridgehead atoms. The second-order valence-electron chi connectivity index (χ2n) is 3.47.